The molecule has 1 aromatic rings. The third-order valence-corrected chi connectivity index (χ3v) is 2.95. The molecule has 1 fully saturated rings. The molecule has 0 aromatic carbocycles. The minimum atomic E-state index is 0.641. The lowest BCUT2D eigenvalue weighted by atomic mass is 10.1. The van der Waals surface area contributed by atoms with Crippen LogP contribution in [0.2, 0.25) is 0 Å². The van der Waals surface area contributed by atoms with E-state index in [0.29, 0.717) is 5.25 Å². The van der Waals surface area contributed by atoms with Gasteiger partial charge in [0.15, 0.2) is 0 Å². The number of nitrogens with two attached hydrogens (primary N) is 1. The van der Waals surface area contributed by atoms with Gasteiger partial charge < -0.3 is 0 Å². The molecule has 0 aliphatic carbocycles. The van der Waals surface area contributed by atoms with Gasteiger partial charge in [-0.15, -0.1) is 0 Å². The van der Waals surface area contributed by atoms with Crippen molar-refractivity contribution in [2.45, 2.75) is 11.8 Å². The SMILES string of the molecule is NSC1CN(Cc2ccncc2)C1. The normalized spacial score (nSPS) is 18.5. The Balaban J connectivity index is 1.81. The highest BCUT2D eigenvalue weighted by atomic mass is 32.2. The summed E-state index contributed by atoms with van der Waals surface area (Å²) in [5.74, 6) is 0. The van der Waals surface area contributed by atoms with Gasteiger partial charge in [0.05, 0.1) is 0 Å². The standard InChI is InChI=1S/C9H13N3S/c10-13-9-6-12(7-9)5-8-1-3-11-4-2-8/h1-4,9H,5-7,10H2. The van der Waals surface area contributed by atoms with Crippen LogP contribution in [-0.4, -0.2) is 28.2 Å². The van der Waals surface area contributed by atoms with E-state index in [-0.39, 0.29) is 0 Å². The molecule has 0 spiro atoms. The van der Waals surface area contributed by atoms with E-state index >= 15 is 0 Å². The summed E-state index contributed by atoms with van der Waals surface area (Å²) in [6.45, 7) is 3.26. The Morgan fingerprint density at radius 3 is 2.77 bits per heavy atom. The molecule has 2 rings (SSSR count). The van der Waals surface area contributed by atoms with Crippen LogP contribution < -0.4 is 5.14 Å². The Morgan fingerprint density at radius 1 is 1.46 bits per heavy atom. The van der Waals surface area contributed by atoms with Gasteiger partial charge in [-0.1, -0.05) is 11.9 Å². The van der Waals surface area contributed by atoms with Crippen LogP contribution in [0.3, 0.4) is 0 Å². The molecule has 13 heavy (non-hydrogen) atoms. The summed E-state index contributed by atoms with van der Waals surface area (Å²) in [6, 6.07) is 4.12. The molecule has 0 unspecified atom stereocenters. The molecule has 2 N–H and O–H groups in total. The molecule has 1 aliphatic heterocycles. The number of pyridine rings is 1. The van der Waals surface area contributed by atoms with Crippen molar-refractivity contribution in [3.63, 3.8) is 0 Å². The lowest BCUT2D eigenvalue weighted by molar-refractivity contribution is 0.181. The topological polar surface area (TPSA) is 42.1 Å². The Hall–Kier alpha value is -0.580. The van der Waals surface area contributed by atoms with Gasteiger partial charge in [-0.25, -0.2) is 0 Å². The molecule has 0 atom stereocenters. The van der Waals surface area contributed by atoms with E-state index in [0.717, 1.165) is 19.6 Å². The smallest absolute Gasteiger partial charge is 0.0445 e. The summed E-state index contributed by atoms with van der Waals surface area (Å²) in [4.78, 5) is 6.37. The minimum Gasteiger partial charge on any atom is -0.297 e. The first-order valence-corrected chi connectivity index (χ1v) is 5.29. The van der Waals surface area contributed by atoms with Gasteiger partial charge in [0.25, 0.3) is 0 Å². The number of aromatic nitrogens is 1. The van der Waals surface area contributed by atoms with Crippen molar-refractivity contribution in [2.24, 2.45) is 5.14 Å². The molecular formula is C9H13N3S. The van der Waals surface area contributed by atoms with Crippen LogP contribution in [0, 0.1) is 0 Å². The Morgan fingerprint density at radius 2 is 2.15 bits per heavy atom. The van der Waals surface area contributed by atoms with Crippen molar-refractivity contribution < 1.29 is 0 Å². The van der Waals surface area contributed by atoms with E-state index < -0.39 is 0 Å². The van der Waals surface area contributed by atoms with E-state index in [9.17, 15) is 0 Å². The predicted octanol–water partition coefficient (Wildman–Crippen LogP) is 0.873. The fourth-order valence-corrected chi connectivity index (χ4v) is 2.08. The van der Waals surface area contributed by atoms with Gasteiger partial charge in [0.2, 0.25) is 0 Å². The molecule has 4 heteroatoms. The van der Waals surface area contributed by atoms with Crippen molar-refractivity contribution in [3.8, 4) is 0 Å². The Bertz CT molecular complexity index is 259. The highest BCUT2D eigenvalue weighted by Gasteiger charge is 2.25. The van der Waals surface area contributed by atoms with E-state index in [4.69, 9.17) is 5.14 Å². The number of nitrogens with zero attached hydrogens (tertiary/aromatic N) is 2. The predicted molar refractivity (Wildman–Crippen MR) is 55.1 cm³/mol. The molecule has 3 nitrogen and oxygen atoms in total. The van der Waals surface area contributed by atoms with Crippen LogP contribution in [0.25, 0.3) is 0 Å². The zero-order valence-electron chi connectivity index (χ0n) is 7.39. The zero-order valence-corrected chi connectivity index (χ0v) is 8.20. The third kappa shape index (κ3) is 2.21. The van der Waals surface area contributed by atoms with Crippen LogP contribution >= 0.6 is 11.9 Å². The van der Waals surface area contributed by atoms with Crippen molar-refractivity contribution in [3.05, 3.63) is 30.1 Å². The summed E-state index contributed by atoms with van der Waals surface area (Å²) in [5.41, 5.74) is 1.33. The van der Waals surface area contributed by atoms with Crippen molar-refractivity contribution in [1.82, 2.24) is 9.88 Å². The molecule has 0 saturated carbocycles. The molecule has 0 bridgehead atoms. The number of likely N-dealkylation sites (tertiary alicyclic amines) is 1. The van der Waals surface area contributed by atoms with E-state index in [2.05, 4.69) is 22.0 Å². The van der Waals surface area contributed by atoms with Gasteiger partial charge in [-0.2, -0.15) is 0 Å². The highest BCUT2D eigenvalue weighted by Crippen LogP contribution is 2.19. The molecule has 0 radical (unpaired) electrons. The van der Waals surface area contributed by atoms with Gasteiger partial charge in [0.1, 0.15) is 0 Å². The summed E-state index contributed by atoms with van der Waals surface area (Å²) in [6.07, 6.45) is 3.68. The van der Waals surface area contributed by atoms with Crippen LogP contribution in [0.15, 0.2) is 24.5 Å². The van der Waals surface area contributed by atoms with Gasteiger partial charge in [0, 0.05) is 37.3 Å². The molecule has 1 aliphatic rings. The summed E-state index contributed by atoms with van der Waals surface area (Å²) >= 11 is 1.47. The first kappa shape index (κ1) is 8.99. The lowest BCUT2D eigenvalue weighted by Crippen LogP contribution is -2.48. The first-order valence-electron chi connectivity index (χ1n) is 4.35. The molecule has 70 valence electrons. The second-order valence-corrected chi connectivity index (χ2v) is 4.25. The molecular weight excluding hydrogens is 182 g/mol. The number of rotatable bonds is 3. The largest absolute Gasteiger partial charge is 0.297 e. The Kier molecular flexibility index (Phi) is 2.83. The molecule has 1 aromatic heterocycles. The number of hydrogen-bond acceptors (Lipinski definition) is 4. The van der Waals surface area contributed by atoms with Crippen LogP contribution in [-0.2, 0) is 6.54 Å². The zero-order chi connectivity index (χ0) is 9.10. The van der Waals surface area contributed by atoms with E-state index in [1.165, 1.54) is 17.5 Å². The summed E-state index contributed by atoms with van der Waals surface area (Å²) < 4.78 is 0. The molecule has 0 amide bonds. The summed E-state index contributed by atoms with van der Waals surface area (Å²) in [7, 11) is 0. The maximum absolute atomic E-state index is 5.47. The van der Waals surface area contributed by atoms with Crippen molar-refractivity contribution in [1.29, 1.82) is 0 Å². The quantitative estimate of drug-likeness (QED) is 0.727. The summed E-state index contributed by atoms with van der Waals surface area (Å²) in [5, 5.41) is 6.11. The van der Waals surface area contributed by atoms with Gasteiger partial charge in [-0.3, -0.25) is 15.0 Å². The van der Waals surface area contributed by atoms with Gasteiger partial charge >= 0.3 is 0 Å². The maximum Gasteiger partial charge on any atom is 0.0445 e. The van der Waals surface area contributed by atoms with Crippen molar-refractivity contribution in [2.75, 3.05) is 13.1 Å². The second-order valence-electron chi connectivity index (χ2n) is 3.31. The monoisotopic (exact) mass is 195 g/mol. The minimum absolute atomic E-state index is 0.641. The van der Waals surface area contributed by atoms with E-state index in [1.54, 1.807) is 0 Å². The fourth-order valence-electron chi connectivity index (χ4n) is 1.48. The lowest BCUT2D eigenvalue weighted by Gasteiger charge is -2.37. The first-order chi connectivity index (χ1) is 6.38. The average Bonchev–Trinajstić information content (AvgIpc) is 2.12. The second kappa shape index (κ2) is 4.09. The highest BCUT2D eigenvalue weighted by molar-refractivity contribution is 7.97. The molecule has 2 heterocycles. The number of hydrogen-bond donors (Lipinski definition) is 1. The average molecular weight is 195 g/mol. The van der Waals surface area contributed by atoms with Crippen LogP contribution in [0.4, 0.5) is 0 Å². The Labute approximate surface area is 82.5 Å². The fraction of sp³-hybridized carbons (Fsp3) is 0.444. The van der Waals surface area contributed by atoms with Crippen LogP contribution in [0.5, 0.6) is 0 Å². The molecule has 1 saturated heterocycles. The van der Waals surface area contributed by atoms with Gasteiger partial charge in [-0.05, 0) is 17.7 Å². The van der Waals surface area contributed by atoms with E-state index in [1.807, 2.05) is 12.4 Å². The third-order valence-electron chi connectivity index (χ3n) is 2.27. The van der Waals surface area contributed by atoms with Crippen LogP contribution in [0.1, 0.15) is 5.56 Å². The maximum atomic E-state index is 5.47. The van der Waals surface area contributed by atoms with Crippen molar-refractivity contribution >= 4 is 11.9 Å².